The smallest absolute Gasteiger partial charge is 0.223 e. The molecule has 0 aliphatic rings. The lowest BCUT2D eigenvalue weighted by atomic mass is 10.2. The molecule has 0 bridgehead atoms. The molecule has 0 amide bonds. The number of aromatic nitrogens is 1. The molecule has 0 saturated heterocycles. The molecule has 0 unspecified atom stereocenters. The Balaban J connectivity index is 3.22. The van der Waals surface area contributed by atoms with Crippen molar-refractivity contribution in [2.24, 2.45) is 0 Å². The normalized spacial score (nSPS) is 10.8. The van der Waals surface area contributed by atoms with E-state index in [4.69, 9.17) is 0 Å². The third kappa shape index (κ3) is 3.84. The quantitative estimate of drug-likeness (QED) is 0.742. The van der Waals surface area contributed by atoms with Crippen molar-refractivity contribution in [2.75, 3.05) is 13.1 Å². The summed E-state index contributed by atoms with van der Waals surface area (Å²) in [5.74, 6) is -0.151. The second-order valence-electron chi connectivity index (χ2n) is 4.87. The van der Waals surface area contributed by atoms with Crippen LogP contribution in [0.3, 0.4) is 0 Å². The Morgan fingerprint density at radius 1 is 1.35 bits per heavy atom. The Morgan fingerprint density at radius 2 is 1.95 bits per heavy atom. The van der Waals surface area contributed by atoms with Crippen LogP contribution in [0.25, 0.3) is 0 Å². The number of rotatable bonds is 8. The Labute approximate surface area is 120 Å². The maximum atomic E-state index is 11.8. The van der Waals surface area contributed by atoms with Gasteiger partial charge in [0.15, 0.2) is 5.75 Å². The highest BCUT2D eigenvalue weighted by Crippen LogP contribution is 2.17. The molecule has 1 rings (SSSR count). The van der Waals surface area contributed by atoms with E-state index in [0.717, 1.165) is 18.7 Å². The zero-order valence-electron chi connectivity index (χ0n) is 12.4. The fourth-order valence-corrected chi connectivity index (χ4v) is 2.29. The molecule has 1 aromatic rings. The van der Waals surface area contributed by atoms with E-state index in [2.05, 4.69) is 25.0 Å². The van der Waals surface area contributed by atoms with E-state index in [1.165, 1.54) is 6.07 Å². The van der Waals surface area contributed by atoms with Crippen LogP contribution in [0.4, 0.5) is 0 Å². The number of pyridine rings is 1. The largest absolute Gasteiger partial charge is 0.503 e. The molecule has 4 nitrogen and oxygen atoms in total. The number of hydrogen-bond donors (Lipinski definition) is 1. The van der Waals surface area contributed by atoms with Gasteiger partial charge in [-0.3, -0.25) is 9.69 Å². The molecule has 1 heterocycles. The van der Waals surface area contributed by atoms with Crippen LogP contribution in [0.5, 0.6) is 5.75 Å². The van der Waals surface area contributed by atoms with Gasteiger partial charge in [-0.05, 0) is 13.3 Å². The van der Waals surface area contributed by atoms with Crippen molar-refractivity contribution in [1.82, 2.24) is 9.47 Å². The Hall–Kier alpha value is -1.81. The number of aryl methyl sites for hydroxylation is 1. The average molecular weight is 276 g/mol. The van der Waals surface area contributed by atoms with Crippen molar-refractivity contribution in [1.29, 1.82) is 0 Å². The molecule has 0 atom stereocenters. The van der Waals surface area contributed by atoms with E-state index in [0.29, 0.717) is 25.3 Å². The van der Waals surface area contributed by atoms with Crippen LogP contribution in [-0.4, -0.2) is 27.7 Å². The minimum atomic E-state index is -0.318. The van der Waals surface area contributed by atoms with Gasteiger partial charge in [-0.1, -0.05) is 19.1 Å². The van der Waals surface area contributed by atoms with Crippen molar-refractivity contribution in [3.8, 4) is 5.75 Å². The highest BCUT2D eigenvalue weighted by atomic mass is 16.3. The fourth-order valence-electron chi connectivity index (χ4n) is 2.29. The monoisotopic (exact) mass is 276 g/mol. The van der Waals surface area contributed by atoms with E-state index >= 15 is 0 Å². The van der Waals surface area contributed by atoms with Crippen LogP contribution >= 0.6 is 0 Å². The topological polar surface area (TPSA) is 45.5 Å². The van der Waals surface area contributed by atoms with Crippen LogP contribution in [0, 0.1) is 6.92 Å². The summed E-state index contributed by atoms with van der Waals surface area (Å²) in [7, 11) is 0. The zero-order chi connectivity index (χ0) is 15.1. The lowest BCUT2D eigenvalue weighted by molar-refractivity contribution is 0.305. The van der Waals surface area contributed by atoms with Crippen LogP contribution < -0.4 is 5.43 Å². The third-order valence-electron chi connectivity index (χ3n) is 3.19. The molecule has 4 heteroatoms. The first kappa shape index (κ1) is 16.2. The van der Waals surface area contributed by atoms with E-state index in [1.807, 2.05) is 11.5 Å². The molecule has 0 spiro atoms. The standard InChI is InChI=1S/C16H24N2O2/c1-5-8-17(9-6-2)12-14-16(20)15(19)11-13(4)18(14)10-7-3/h5-6,11,20H,1-2,7-10,12H2,3-4H3. The molecule has 1 aromatic heterocycles. The zero-order valence-corrected chi connectivity index (χ0v) is 12.4. The van der Waals surface area contributed by atoms with Crippen molar-refractivity contribution < 1.29 is 5.11 Å². The van der Waals surface area contributed by atoms with E-state index in [9.17, 15) is 9.90 Å². The third-order valence-corrected chi connectivity index (χ3v) is 3.19. The average Bonchev–Trinajstić information content (AvgIpc) is 2.40. The van der Waals surface area contributed by atoms with Gasteiger partial charge in [0.05, 0.1) is 5.69 Å². The summed E-state index contributed by atoms with van der Waals surface area (Å²) in [4.78, 5) is 13.9. The molecule has 1 N–H and O–H groups in total. The van der Waals surface area contributed by atoms with Gasteiger partial charge in [0, 0.05) is 37.9 Å². The first-order chi connectivity index (χ1) is 9.54. The first-order valence-corrected chi connectivity index (χ1v) is 6.91. The van der Waals surface area contributed by atoms with Crippen LogP contribution in [0.2, 0.25) is 0 Å². The summed E-state index contributed by atoms with van der Waals surface area (Å²) in [5.41, 5.74) is 1.23. The summed E-state index contributed by atoms with van der Waals surface area (Å²) in [6.07, 6.45) is 4.55. The number of aromatic hydroxyl groups is 1. The maximum Gasteiger partial charge on any atom is 0.223 e. The fraction of sp³-hybridized carbons (Fsp3) is 0.438. The molecule has 0 aliphatic carbocycles. The Kier molecular flexibility index (Phi) is 6.25. The molecule has 0 fully saturated rings. The molecule has 0 aliphatic heterocycles. The van der Waals surface area contributed by atoms with Gasteiger partial charge >= 0.3 is 0 Å². The predicted molar refractivity (Wildman–Crippen MR) is 83.1 cm³/mol. The van der Waals surface area contributed by atoms with E-state index in [1.54, 1.807) is 12.2 Å². The maximum absolute atomic E-state index is 11.8. The highest BCUT2D eigenvalue weighted by molar-refractivity contribution is 5.30. The first-order valence-electron chi connectivity index (χ1n) is 6.91. The molecule has 0 saturated carbocycles. The predicted octanol–water partition coefficient (Wildman–Crippen LogP) is 2.45. The SMILES string of the molecule is C=CCN(CC=C)Cc1c(O)c(=O)cc(C)n1CCC. The summed E-state index contributed by atoms with van der Waals surface area (Å²) < 4.78 is 2.01. The van der Waals surface area contributed by atoms with Gasteiger partial charge in [0.25, 0.3) is 0 Å². The van der Waals surface area contributed by atoms with Gasteiger partial charge in [-0.2, -0.15) is 0 Å². The van der Waals surface area contributed by atoms with Crippen LogP contribution in [0.1, 0.15) is 24.7 Å². The van der Waals surface area contributed by atoms with Crippen molar-refractivity contribution in [2.45, 2.75) is 33.4 Å². The minimum absolute atomic E-state index is 0.151. The van der Waals surface area contributed by atoms with Crippen molar-refractivity contribution in [3.05, 3.63) is 53.0 Å². The second-order valence-corrected chi connectivity index (χ2v) is 4.87. The molecule has 0 radical (unpaired) electrons. The minimum Gasteiger partial charge on any atom is -0.503 e. The van der Waals surface area contributed by atoms with Gasteiger partial charge in [-0.15, -0.1) is 13.2 Å². The lowest BCUT2D eigenvalue weighted by Crippen LogP contribution is -2.27. The Bertz CT molecular complexity index is 522. The van der Waals surface area contributed by atoms with Gasteiger partial charge in [0.2, 0.25) is 5.43 Å². The van der Waals surface area contributed by atoms with Crippen LogP contribution in [-0.2, 0) is 13.1 Å². The molecule has 110 valence electrons. The summed E-state index contributed by atoms with van der Waals surface area (Å²) in [6, 6.07) is 1.49. The number of nitrogens with zero attached hydrogens (tertiary/aromatic N) is 2. The lowest BCUT2D eigenvalue weighted by Gasteiger charge is -2.23. The summed E-state index contributed by atoms with van der Waals surface area (Å²) in [5, 5.41) is 10.1. The van der Waals surface area contributed by atoms with Crippen molar-refractivity contribution in [3.63, 3.8) is 0 Å². The van der Waals surface area contributed by atoms with Crippen molar-refractivity contribution >= 4 is 0 Å². The Morgan fingerprint density at radius 3 is 2.45 bits per heavy atom. The van der Waals surface area contributed by atoms with Crippen LogP contribution in [0.15, 0.2) is 36.2 Å². The summed E-state index contributed by atoms with van der Waals surface area (Å²) in [6.45, 7) is 14.1. The molecule has 0 aromatic carbocycles. The van der Waals surface area contributed by atoms with Gasteiger partial charge in [-0.25, -0.2) is 0 Å². The van der Waals surface area contributed by atoms with E-state index in [-0.39, 0.29) is 11.2 Å². The second kappa shape index (κ2) is 7.70. The highest BCUT2D eigenvalue weighted by Gasteiger charge is 2.15. The number of hydrogen-bond acceptors (Lipinski definition) is 3. The van der Waals surface area contributed by atoms with Gasteiger partial charge < -0.3 is 9.67 Å². The molecule has 20 heavy (non-hydrogen) atoms. The molecular formula is C16H24N2O2. The molecular weight excluding hydrogens is 252 g/mol. The van der Waals surface area contributed by atoms with Gasteiger partial charge in [0.1, 0.15) is 0 Å². The summed E-state index contributed by atoms with van der Waals surface area (Å²) >= 11 is 0. The van der Waals surface area contributed by atoms with E-state index < -0.39 is 0 Å².